The third kappa shape index (κ3) is 3.04. The van der Waals surface area contributed by atoms with Gasteiger partial charge in [-0.15, -0.1) is 0 Å². The largest absolute Gasteiger partial charge is 0.357 e. The number of hydrogen-bond acceptors (Lipinski definition) is 4. The lowest BCUT2D eigenvalue weighted by Gasteiger charge is -2.07. The summed E-state index contributed by atoms with van der Waals surface area (Å²) >= 11 is 5.75. The van der Waals surface area contributed by atoms with Crippen LogP contribution < -0.4 is 10.6 Å². The molecule has 2 N–H and O–H groups in total. The van der Waals surface area contributed by atoms with Gasteiger partial charge in [0.2, 0.25) is 5.95 Å². The fourth-order valence-electron chi connectivity index (χ4n) is 1.32. The second-order valence-corrected chi connectivity index (χ2v) is 3.74. The highest BCUT2D eigenvalue weighted by Crippen LogP contribution is 2.21. The lowest BCUT2D eigenvalue weighted by atomic mass is 10.3. The molecule has 0 aliphatic carbocycles. The second-order valence-electron chi connectivity index (χ2n) is 3.30. The molecule has 0 radical (unpaired) electrons. The molecule has 0 fully saturated rings. The van der Waals surface area contributed by atoms with Crippen LogP contribution in [0, 0.1) is 5.82 Å². The first kappa shape index (κ1) is 11.6. The minimum absolute atomic E-state index is 0.329. The maximum absolute atomic E-state index is 13.1. The molecule has 1 aromatic heterocycles. The zero-order valence-electron chi connectivity index (χ0n) is 9.04. The summed E-state index contributed by atoms with van der Waals surface area (Å²) in [4.78, 5) is 8.12. The molecule has 0 saturated heterocycles. The second kappa shape index (κ2) is 4.97. The molecule has 0 amide bonds. The predicted octanol–water partition coefficient (Wildman–Crippen LogP) is 3.05. The average molecular weight is 253 g/mol. The Bertz CT molecular complexity index is 512. The summed E-state index contributed by atoms with van der Waals surface area (Å²) in [6, 6.07) is 5.88. The molecule has 17 heavy (non-hydrogen) atoms. The van der Waals surface area contributed by atoms with Crippen LogP contribution in [0.15, 0.2) is 30.5 Å². The summed E-state index contributed by atoms with van der Waals surface area (Å²) in [5.41, 5.74) is 0.538. The van der Waals surface area contributed by atoms with Gasteiger partial charge in [-0.25, -0.2) is 9.37 Å². The highest BCUT2D eigenvalue weighted by atomic mass is 35.5. The number of nitrogens with zero attached hydrogens (tertiary/aromatic N) is 2. The molecule has 6 heteroatoms. The van der Waals surface area contributed by atoms with Gasteiger partial charge in [-0.1, -0.05) is 11.6 Å². The molecule has 0 spiro atoms. The Morgan fingerprint density at radius 2 is 2.12 bits per heavy atom. The Morgan fingerprint density at radius 1 is 1.29 bits per heavy atom. The zero-order valence-corrected chi connectivity index (χ0v) is 9.79. The number of aromatic nitrogens is 2. The van der Waals surface area contributed by atoms with Gasteiger partial charge in [0.1, 0.15) is 11.6 Å². The van der Waals surface area contributed by atoms with Crippen molar-refractivity contribution in [1.82, 2.24) is 9.97 Å². The maximum Gasteiger partial charge on any atom is 0.224 e. The molecule has 88 valence electrons. The number of halogens is 2. The van der Waals surface area contributed by atoms with E-state index in [0.717, 1.165) is 0 Å². The molecule has 0 aliphatic rings. The predicted molar refractivity (Wildman–Crippen MR) is 66.3 cm³/mol. The first-order chi connectivity index (χ1) is 8.17. The Balaban J connectivity index is 2.24. The fraction of sp³-hybridized carbons (Fsp3) is 0.0909. The smallest absolute Gasteiger partial charge is 0.224 e. The molecule has 1 heterocycles. The van der Waals surface area contributed by atoms with Gasteiger partial charge in [-0.3, -0.25) is 0 Å². The number of anilines is 3. The van der Waals surface area contributed by atoms with Gasteiger partial charge in [0.15, 0.2) is 0 Å². The summed E-state index contributed by atoms with van der Waals surface area (Å²) in [6.07, 6.45) is 1.60. The number of hydrogen-bond donors (Lipinski definition) is 2. The van der Waals surface area contributed by atoms with Crippen LogP contribution in [0.2, 0.25) is 5.02 Å². The molecular formula is C11H10ClFN4. The summed E-state index contributed by atoms with van der Waals surface area (Å²) in [7, 11) is 1.72. The van der Waals surface area contributed by atoms with Crippen LogP contribution in [0.5, 0.6) is 0 Å². The third-order valence-corrected chi connectivity index (χ3v) is 2.23. The van der Waals surface area contributed by atoms with Crippen LogP contribution in [-0.2, 0) is 0 Å². The molecule has 0 aliphatic heterocycles. The van der Waals surface area contributed by atoms with E-state index in [1.54, 1.807) is 25.4 Å². The van der Waals surface area contributed by atoms with E-state index in [1.165, 1.54) is 12.1 Å². The SMILES string of the molecule is CNc1nccc(Nc2cc(F)cc(Cl)c2)n1. The van der Waals surface area contributed by atoms with E-state index in [1.807, 2.05) is 0 Å². The van der Waals surface area contributed by atoms with Gasteiger partial charge in [-0.05, 0) is 24.3 Å². The third-order valence-electron chi connectivity index (χ3n) is 2.01. The monoisotopic (exact) mass is 252 g/mol. The summed E-state index contributed by atoms with van der Waals surface area (Å²) in [5.74, 6) is 0.645. The highest BCUT2D eigenvalue weighted by molar-refractivity contribution is 6.30. The first-order valence-corrected chi connectivity index (χ1v) is 5.29. The van der Waals surface area contributed by atoms with Crippen LogP contribution in [0.3, 0.4) is 0 Å². The molecule has 0 atom stereocenters. The Morgan fingerprint density at radius 3 is 2.82 bits per heavy atom. The molecule has 1 aromatic carbocycles. The topological polar surface area (TPSA) is 49.8 Å². The van der Waals surface area contributed by atoms with Crippen molar-refractivity contribution in [3.63, 3.8) is 0 Å². The lowest BCUT2D eigenvalue weighted by molar-refractivity contribution is 0.628. The molecule has 2 rings (SSSR count). The maximum atomic E-state index is 13.1. The normalized spacial score (nSPS) is 10.1. The van der Waals surface area contributed by atoms with Gasteiger partial charge in [0.25, 0.3) is 0 Å². The summed E-state index contributed by atoms with van der Waals surface area (Å²) in [5, 5.41) is 6.09. The van der Waals surface area contributed by atoms with Crippen molar-refractivity contribution in [2.75, 3.05) is 17.7 Å². The van der Waals surface area contributed by atoms with E-state index in [9.17, 15) is 4.39 Å². The van der Waals surface area contributed by atoms with E-state index in [-0.39, 0.29) is 0 Å². The lowest BCUT2D eigenvalue weighted by Crippen LogP contribution is -1.99. The summed E-state index contributed by atoms with van der Waals surface area (Å²) < 4.78 is 13.1. The van der Waals surface area contributed by atoms with Crippen molar-refractivity contribution >= 4 is 29.1 Å². The molecule has 0 saturated carbocycles. The minimum atomic E-state index is -0.400. The van der Waals surface area contributed by atoms with Crippen LogP contribution in [0.1, 0.15) is 0 Å². The average Bonchev–Trinajstić information content (AvgIpc) is 2.28. The van der Waals surface area contributed by atoms with Gasteiger partial charge in [0, 0.05) is 24.0 Å². The molecule has 2 aromatic rings. The van der Waals surface area contributed by atoms with Gasteiger partial charge in [0.05, 0.1) is 0 Å². The van der Waals surface area contributed by atoms with Crippen molar-refractivity contribution in [2.24, 2.45) is 0 Å². The Labute approximate surface area is 103 Å². The Kier molecular flexibility index (Phi) is 3.39. The van der Waals surface area contributed by atoms with Crippen molar-refractivity contribution in [3.8, 4) is 0 Å². The summed E-state index contributed by atoms with van der Waals surface area (Å²) in [6.45, 7) is 0. The van der Waals surface area contributed by atoms with Crippen molar-refractivity contribution < 1.29 is 4.39 Å². The molecule has 0 unspecified atom stereocenters. The van der Waals surface area contributed by atoms with Crippen LogP contribution in [-0.4, -0.2) is 17.0 Å². The highest BCUT2D eigenvalue weighted by Gasteiger charge is 2.01. The Hall–Kier alpha value is -1.88. The molecule has 4 nitrogen and oxygen atoms in total. The molecular weight excluding hydrogens is 243 g/mol. The molecule has 0 bridgehead atoms. The quantitative estimate of drug-likeness (QED) is 0.882. The van der Waals surface area contributed by atoms with Crippen molar-refractivity contribution in [3.05, 3.63) is 41.3 Å². The van der Waals surface area contributed by atoms with Crippen LogP contribution in [0.4, 0.5) is 21.8 Å². The van der Waals surface area contributed by atoms with E-state index in [2.05, 4.69) is 20.6 Å². The number of nitrogens with one attached hydrogen (secondary N) is 2. The number of benzene rings is 1. The standard InChI is InChI=1S/C11H10ClFN4/c1-14-11-15-3-2-10(17-11)16-9-5-7(12)4-8(13)6-9/h2-6H,1H3,(H2,14,15,16,17). The fourth-order valence-corrected chi connectivity index (χ4v) is 1.54. The van der Waals surface area contributed by atoms with E-state index in [4.69, 9.17) is 11.6 Å². The van der Waals surface area contributed by atoms with Crippen LogP contribution in [0.25, 0.3) is 0 Å². The van der Waals surface area contributed by atoms with Crippen LogP contribution >= 0.6 is 11.6 Å². The number of rotatable bonds is 3. The first-order valence-electron chi connectivity index (χ1n) is 4.91. The van der Waals surface area contributed by atoms with E-state index in [0.29, 0.717) is 22.5 Å². The van der Waals surface area contributed by atoms with E-state index < -0.39 is 5.82 Å². The van der Waals surface area contributed by atoms with Crippen molar-refractivity contribution in [2.45, 2.75) is 0 Å². The van der Waals surface area contributed by atoms with Gasteiger partial charge >= 0.3 is 0 Å². The zero-order chi connectivity index (χ0) is 12.3. The van der Waals surface area contributed by atoms with Crippen molar-refractivity contribution in [1.29, 1.82) is 0 Å². The minimum Gasteiger partial charge on any atom is -0.357 e. The van der Waals surface area contributed by atoms with Gasteiger partial charge < -0.3 is 10.6 Å². The van der Waals surface area contributed by atoms with E-state index >= 15 is 0 Å². The van der Waals surface area contributed by atoms with Gasteiger partial charge in [-0.2, -0.15) is 4.98 Å².